The Morgan fingerprint density at radius 1 is 1.08 bits per heavy atom. The molecule has 0 radical (unpaired) electrons. The van der Waals surface area contributed by atoms with Crippen molar-refractivity contribution in [2.75, 3.05) is 13.7 Å². The van der Waals surface area contributed by atoms with Gasteiger partial charge in [0.25, 0.3) is 0 Å². The number of fused-ring (bicyclic) bond motifs is 1. The summed E-state index contributed by atoms with van der Waals surface area (Å²) in [5.74, 6) is -3.26. The number of hydrogen-bond donors (Lipinski definition) is 4. The standard InChI is InChI=1S/C26H30O13/c1-12-20-15(9-19(29)37-12)16(24(33)34-2)10-36-25(20)39-26-23(32)22(31)21(30)17(38-26)11-35-18(28)8-5-13-3-6-14(27)7-4-13/h3-8,10,12,15,17,20-23,25-27,30-32H,9,11H2,1-2H3/b8-5+/t12-,15-,17-,20-,21-,22+,23-,25+,26+/m1/s1. The van der Waals surface area contributed by atoms with Crippen molar-refractivity contribution in [1.82, 2.24) is 0 Å². The lowest BCUT2D eigenvalue weighted by Crippen LogP contribution is -2.61. The molecule has 212 valence electrons. The number of carbonyl (C=O) groups excluding carboxylic acids is 3. The molecule has 1 aromatic carbocycles. The van der Waals surface area contributed by atoms with Gasteiger partial charge in [-0.2, -0.15) is 0 Å². The first-order valence-corrected chi connectivity index (χ1v) is 12.2. The Balaban J connectivity index is 1.42. The number of rotatable bonds is 7. The molecule has 0 saturated carbocycles. The number of aliphatic hydroxyl groups is 3. The molecule has 0 amide bonds. The van der Waals surface area contributed by atoms with Gasteiger partial charge in [-0.05, 0) is 30.7 Å². The maximum absolute atomic E-state index is 12.2. The van der Waals surface area contributed by atoms with Crippen LogP contribution in [-0.4, -0.2) is 95.2 Å². The molecule has 4 rings (SSSR count). The van der Waals surface area contributed by atoms with Crippen molar-refractivity contribution < 1.29 is 63.2 Å². The minimum Gasteiger partial charge on any atom is -0.508 e. The van der Waals surface area contributed by atoms with Crippen LogP contribution in [0, 0.1) is 11.8 Å². The Morgan fingerprint density at radius 3 is 2.49 bits per heavy atom. The number of aromatic hydroxyl groups is 1. The van der Waals surface area contributed by atoms with Gasteiger partial charge in [0, 0.05) is 12.0 Å². The average Bonchev–Trinajstić information content (AvgIpc) is 2.91. The van der Waals surface area contributed by atoms with Gasteiger partial charge < -0.3 is 48.8 Å². The van der Waals surface area contributed by atoms with Gasteiger partial charge in [0.05, 0.1) is 31.3 Å². The fourth-order valence-corrected chi connectivity index (χ4v) is 4.72. The smallest absolute Gasteiger partial charge is 0.337 e. The molecule has 13 nitrogen and oxygen atoms in total. The molecule has 1 aromatic rings. The molecular weight excluding hydrogens is 520 g/mol. The highest BCUT2D eigenvalue weighted by Gasteiger charge is 2.52. The molecule has 2 saturated heterocycles. The van der Waals surface area contributed by atoms with Crippen LogP contribution in [0.3, 0.4) is 0 Å². The molecule has 2 fully saturated rings. The predicted molar refractivity (Wildman–Crippen MR) is 128 cm³/mol. The third kappa shape index (κ3) is 6.40. The Bertz CT molecular complexity index is 1110. The number of phenols is 1. The molecule has 3 heterocycles. The van der Waals surface area contributed by atoms with Crippen LogP contribution in [0.5, 0.6) is 5.75 Å². The fourth-order valence-electron chi connectivity index (χ4n) is 4.72. The van der Waals surface area contributed by atoms with E-state index < -0.39 is 79.5 Å². The van der Waals surface area contributed by atoms with E-state index in [2.05, 4.69) is 0 Å². The van der Waals surface area contributed by atoms with Gasteiger partial charge in [0.1, 0.15) is 42.9 Å². The number of hydrogen-bond acceptors (Lipinski definition) is 13. The Hall–Kier alpha value is -3.49. The Labute approximate surface area is 223 Å². The summed E-state index contributed by atoms with van der Waals surface area (Å²) in [7, 11) is 1.19. The molecule has 0 aromatic heterocycles. The number of aliphatic hydroxyl groups excluding tert-OH is 3. The first-order valence-electron chi connectivity index (χ1n) is 12.2. The summed E-state index contributed by atoms with van der Waals surface area (Å²) < 4.78 is 32.3. The zero-order valence-corrected chi connectivity index (χ0v) is 21.1. The highest BCUT2D eigenvalue weighted by Crippen LogP contribution is 2.41. The molecule has 0 spiro atoms. The summed E-state index contributed by atoms with van der Waals surface area (Å²) in [6.45, 7) is 1.11. The molecule has 0 aliphatic carbocycles. The first kappa shape index (κ1) is 28.5. The van der Waals surface area contributed by atoms with Crippen LogP contribution in [0.1, 0.15) is 18.9 Å². The van der Waals surface area contributed by atoms with Gasteiger partial charge in [-0.3, -0.25) is 4.79 Å². The summed E-state index contributed by atoms with van der Waals surface area (Å²) in [5.41, 5.74) is 0.750. The third-order valence-electron chi connectivity index (χ3n) is 6.81. The molecule has 39 heavy (non-hydrogen) atoms. The minimum atomic E-state index is -1.72. The summed E-state index contributed by atoms with van der Waals surface area (Å²) in [4.78, 5) is 36.4. The highest BCUT2D eigenvalue weighted by molar-refractivity contribution is 5.90. The van der Waals surface area contributed by atoms with Gasteiger partial charge in [-0.1, -0.05) is 12.1 Å². The topological polar surface area (TPSA) is 188 Å². The fraction of sp³-hybridized carbons (Fsp3) is 0.500. The van der Waals surface area contributed by atoms with Gasteiger partial charge in [0.15, 0.2) is 6.29 Å². The number of cyclic esters (lactones) is 1. The lowest BCUT2D eigenvalue weighted by molar-refractivity contribution is -0.346. The number of ether oxygens (including phenoxy) is 6. The molecule has 3 aliphatic rings. The third-order valence-corrected chi connectivity index (χ3v) is 6.81. The van der Waals surface area contributed by atoms with E-state index >= 15 is 0 Å². The van der Waals surface area contributed by atoms with Crippen LogP contribution in [0.2, 0.25) is 0 Å². The van der Waals surface area contributed by atoms with Crippen LogP contribution >= 0.6 is 0 Å². The summed E-state index contributed by atoms with van der Waals surface area (Å²) in [5, 5.41) is 40.6. The summed E-state index contributed by atoms with van der Waals surface area (Å²) in [6.07, 6.45) is -6.22. The molecule has 13 heteroatoms. The number of carbonyl (C=O) groups is 3. The second-order valence-electron chi connectivity index (χ2n) is 9.36. The quantitative estimate of drug-likeness (QED) is 0.198. The van der Waals surface area contributed by atoms with Crippen LogP contribution in [0.4, 0.5) is 0 Å². The van der Waals surface area contributed by atoms with Crippen LogP contribution in [-0.2, 0) is 42.8 Å². The van der Waals surface area contributed by atoms with Gasteiger partial charge in [0.2, 0.25) is 6.29 Å². The largest absolute Gasteiger partial charge is 0.508 e. The van der Waals surface area contributed by atoms with Crippen molar-refractivity contribution in [3.63, 3.8) is 0 Å². The van der Waals surface area contributed by atoms with Crippen molar-refractivity contribution in [2.24, 2.45) is 11.8 Å². The van der Waals surface area contributed by atoms with Gasteiger partial charge in [-0.25, -0.2) is 9.59 Å². The zero-order chi connectivity index (χ0) is 28.3. The second-order valence-corrected chi connectivity index (χ2v) is 9.36. The normalized spacial score (nSPS) is 34.3. The Morgan fingerprint density at radius 2 is 1.79 bits per heavy atom. The maximum atomic E-state index is 12.2. The van der Waals surface area contributed by atoms with Crippen LogP contribution in [0.25, 0.3) is 6.08 Å². The number of benzene rings is 1. The Kier molecular flexibility index (Phi) is 8.87. The van der Waals surface area contributed by atoms with E-state index in [0.29, 0.717) is 5.56 Å². The zero-order valence-electron chi connectivity index (χ0n) is 21.1. The summed E-state index contributed by atoms with van der Waals surface area (Å²) in [6, 6.07) is 6.07. The van der Waals surface area contributed by atoms with Crippen LogP contribution in [0.15, 0.2) is 42.2 Å². The minimum absolute atomic E-state index is 0.0729. The molecule has 0 bridgehead atoms. The molecule has 0 unspecified atom stereocenters. The average molecular weight is 551 g/mol. The highest BCUT2D eigenvalue weighted by atomic mass is 16.8. The van der Waals surface area contributed by atoms with E-state index in [1.54, 1.807) is 19.1 Å². The SMILES string of the molecule is COC(=O)C1=CO[C@@H](O[C@@H]2O[C@H](COC(=O)/C=C/c3ccc(O)cc3)[C@@H](O)[C@H](O)[C@H]2O)[C@H]2[C@@H]1CC(=O)O[C@@H]2C. The monoisotopic (exact) mass is 550 g/mol. The van der Waals surface area contributed by atoms with Crippen molar-refractivity contribution in [3.05, 3.63) is 47.7 Å². The van der Waals surface area contributed by atoms with Crippen molar-refractivity contribution in [1.29, 1.82) is 0 Å². The lowest BCUT2D eigenvalue weighted by atomic mass is 9.77. The van der Waals surface area contributed by atoms with E-state index in [0.717, 1.165) is 12.3 Å². The van der Waals surface area contributed by atoms with Crippen LogP contribution < -0.4 is 0 Å². The van der Waals surface area contributed by atoms with Crippen molar-refractivity contribution in [3.8, 4) is 5.75 Å². The van der Waals surface area contributed by atoms with Gasteiger partial charge >= 0.3 is 17.9 Å². The van der Waals surface area contributed by atoms with Crippen molar-refractivity contribution in [2.45, 2.75) is 56.4 Å². The molecule has 4 N–H and O–H groups in total. The van der Waals surface area contributed by atoms with Gasteiger partial charge in [-0.15, -0.1) is 0 Å². The molecular formula is C26H30O13. The van der Waals surface area contributed by atoms with E-state index in [1.165, 1.54) is 25.3 Å². The molecule has 3 aliphatic heterocycles. The van der Waals surface area contributed by atoms with E-state index in [-0.39, 0.29) is 17.7 Å². The van der Waals surface area contributed by atoms with E-state index in [1.807, 2.05) is 0 Å². The summed E-state index contributed by atoms with van der Waals surface area (Å²) >= 11 is 0. The predicted octanol–water partition coefficient (Wildman–Crippen LogP) is -0.246. The van der Waals surface area contributed by atoms with E-state index in [4.69, 9.17) is 28.4 Å². The van der Waals surface area contributed by atoms with Crippen molar-refractivity contribution >= 4 is 24.0 Å². The first-order chi connectivity index (χ1) is 18.6. The number of methoxy groups -OCH3 is 1. The second kappa shape index (κ2) is 12.1. The van der Waals surface area contributed by atoms with E-state index in [9.17, 15) is 34.8 Å². The number of phenolic OH excluding ortho intramolecular Hbond substituents is 1. The number of esters is 3. The maximum Gasteiger partial charge on any atom is 0.337 e. The molecule has 9 atom stereocenters. The lowest BCUT2D eigenvalue weighted by Gasteiger charge is -2.45.